The summed E-state index contributed by atoms with van der Waals surface area (Å²) in [6.07, 6.45) is 0.381. The number of ether oxygens (including phenoxy) is 3. The van der Waals surface area contributed by atoms with Gasteiger partial charge in [-0.15, -0.1) is 0 Å². The number of carbonyl (C=O) groups is 2. The number of hydrogen-bond donors (Lipinski definition) is 2. The summed E-state index contributed by atoms with van der Waals surface area (Å²) in [5.41, 5.74) is 2.46. The number of carbonyl (C=O) groups excluding carboxylic acids is 2. The van der Waals surface area contributed by atoms with Crippen molar-refractivity contribution >= 4 is 17.5 Å². The first-order valence-corrected chi connectivity index (χ1v) is 10.4. The summed E-state index contributed by atoms with van der Waals surface area (Å²) in [5, 5.41) is 5.60. The molecular weight excluding hydrogens is 427 g/mol. The van der Waals surface area contributed by atoms with Crippen molar-refractivity contribution in [1.82, 2.24) is 5.32 Å². The van der Waals surface area contributed by atoms with Gasteiger partial charge in [0.1, 0.15) is 17.3 Å². The second-order valence-corrected chi connectivity index (χ2v) is 7.40. The molecule has 170 valence electrons. The number of rotatable bonds is 7. The van der Waals surface area contributed by atoms with Gasteiger partial charge in [-0.1, -0.05) is 12.1 Å². The van der Waals surface area contributed by atoms with Gasteiger partial charge >= 0.3 is 0 Å². The van der Waals surface area contributed by atoms with Crippen molar-refractivity contribution in [2.24, 2.45) is 0 Å². The van der Waals surface area contributed by atoms with Crippen molar-refractivity contribution < 1.29 is 28.2 Å². The average molecular weight is 450 g/mol. The minimum atomic E-state index is -0.379. The van der Waals surface area contributed by atoms with E-state index in [1.165, 1.54) is 12.1 Å². The summed E-state index contributed by atoms with van der Waals surface area (Å²) in [7, 11) is 1.55. The van der Waals surface area contributed by atoms with Gasteiger partial charge in [-0.25, -0.2) is 4.39 Å². The van der Waals surface area contributed by atoms with Gasteiger partial charge in [-0.2, -0.15) is 0 Å². The van der Waals surface area contributed by atoms with Crippen LogP contribution >= 0.6 is 0 Å². The van der Waals surface area contributed by atoms with E-state index in [0.29, 0.717) is 45.9 Å². The van der Waals surface area contributed by atoms with E-state index in [0.717, 1.165) is 0 Å². The Balaban J connectivity index is 1.41. The van der Waals surface area contributed by atoms with Crippen LogP contribution in [0.2, 0.25) is 0 Å². The summed E-state index contributed by atoms with van der Waals surface area (Å²) in [6.45, 7) is 0.659. The van der Waals surface area contributed by atoms with Crippen LogP contribution < -0.4 is 20.1 Å². The summed E-state index contributed by atoms with van der Waals surface area (Å²) in [6, 6.07) is 16.2. The average Bonchev–Trinajstić information content (AvgIpc) is 2.84. The van der Waals surface area contributed by atoms with Crippen molar-refractivity contribution in [3.05, 3.63) is 88.7 Å². The van der Waals surface area contributed by atoms with Gasteiger partial charge in [0.05, 0.1) is 25.0 Å². The number of amides is 2. The molecule has 2 amide bonds. The molecular formula is C25H23FN2O5. The summed E-state index contributed by atoms with van der Waals surface area (Å²) >= 11 is 0. The van der Waals surface area contributed by atoms with Crippen LogP contribution in [-0.2, 0) is 17.8 Å². The minimum absolute atomic E-state index is 0.110. The number of anilines is 1. The summed E-state index contributed by atoms with van der Waals surface area (Å²) < 4.78 is 29.7. The standard InChI is InChI=1S/C25H23FN2O5/c1-31-20-8-6-16(7-9-20)24(29)28-22-5-3-2-4-21(22)25(30)27-11-10-17-12-19(26)13-18-14-32-15-33-23(17)18/h2-9,12-13H,10-11,14-15H2,1H3,(H,27,30)(H,28,29). The molecule has 0 saturated heterocycles. The highest BCUT2D eigenvalue weighted by Gasteiger charge is 2.18. The van der Waals surface area contributed by atoms with Crippen molar-refractivity contribution in [1.29, 1.82) is 0 Å². The third-order valence-electron chi connectivity index (χ3n) is 5.20. The third kappa shape index (κ3) is 5.30. The number of benzene rings is 3. The van der Waals surface area contributed by atoms with E-state index in [2.05, 4.69) is 10.6 Å². The van der Waals surface area contributed by atoms with E-state index in [-0.39, 0.29) is 37.6 Å². The van der Waals surface area contributed by atoms with Gasteiger partial charge in [0.15, 0.2) is 6.79 Å². The van der Waals surface area contributed by atoms with Crippen molar-refractivity contribution in [2.75, 3.05) is 25.8 Å². The molecule has 8 heteroatoms. The number of para-hydroxylation sites is 1. The Labute approximate surface area is 190 Å². The second kappa shape index (κ2) is 10.1. The monoisotopic (exact) mass is 450 g/mol. The molecule has 0 bridgehead atoms. The third-order valence-corrected chi connectivity index (χ3v) is 5.20. The van der Waals surface area contributed by atoms with E-state index in [9.17, 15) is 14.0 Å². The molecule has 0 fully saturated rings. The van der Waals surface area contributed by atoms with Crippen LogP contribution in [0.15, 0.2) is 60.7 Å². The Hall–Kier alpha value is -3.91. The topological polar surface area (TPSA) is 85.9 Å². The molecule has 0 unspecified atom stereocenters. The SMILES string of the molecule is COc1ccc(C(=O)Nc2ccccc2C(=O)NCCc2cc(F)cc3c2OCOC3)cc1. The zero-order valence-corrected chi connectivity index (χ0v) is 18.0. The predicted octanol–water partition coefficient (Wildman–Crippen LogP) is 3.93. The molecule has 0 aromatic heterocycles. The molecule has 33 heavy (non-hydrogen) atoms. The van der Waals surface area contributed by atoms with E-state index in [1.807, 2.05) is 0 Å². The predicted molar refractivity (Wildman–Crippen MR) is 120 cm³/mol. The molecule has 3 aromatic rings. The lowest BCUT2D eigenvalue weighted by Crippen LogP contribution is -2.27. The van der Waals surface area contributed by atoms with Crippen molar-refractivity contribution in [3.8, 4) is 11.5 Å². The zero-order valence-electron chi connectivity index (χ0n) is 18.0. The van der Waals surface area contributed by atoms with Crippen LogP contribution in [0, 0.1) is 5.82 Å². The van der Waals surface area contributed by atoms with Crippen LogP contribution in [-0.4, -0.2) is 32.3 Å². The lowest BCUT2D eigenvalue weighted by atomic mass is 10.1. The van der Waals surface area contributed by atoms with Crippen LogP contribution in [0.3, 0.4) is 0 Å². The Morgan fingerprint density at radius 3 is 2.64 bits per heavy atom. The zero-order chi connectivity index (χ0) is 23.2. The fourth-order valence-corrected chi connectivity index (χ4v) is 3.58. The normalized spacial score (nSPS) is 12.3. The highest BCUT2D eigenvalue weighted by atomic mass is 19.1. The van der Waals surface area contributed by atoms with E-state index >= 15 is 0 Å². The quantitative estimate of drug-likeness (QED) is 0.570. The highest BCUT2D eigenvalue weighted by Crippen LogP contribution is 2.29. The molecule has 0 saturated carbocycles. The smallest absolute Gasteiger partial charge is 0.255 e. The largest absolute Gasteiger partial charge is 0.497 e. The molecule has 3 aromatic carbocycles. The first kappa shape index (κ1) is 22.3. The lowest BCUT2D eigenvalue weighted by Gasteiger charge is -2.21. The Bertz CT molecular complexity index is 1160. The van der Waals surface area contributed by atoms with Crippen LogP contribution in [0.5, 0.6) is 11.5 Å². The van der Waals surface area contributed by atoms with E-state index in [1.54, 1.807) is 55.6 Å². The fourth-order valence-electron chi connectivity index (χ4n) is 3.58. The van der Waals surface area contributed by atoms with Crippen molar-refractivity contribution in [2.45, 2.75) is 13.0 Å². The van der Waals surface area contributed by atoms with Crippen LogP contribution in [0.1, 0.15) is 31.8 Å². The first-order valence-electron chi connectivity index (χ1n) is 10.4. The maximum Gasteiger partial charge on any atom is 0.255 e. The van der Waals surface area contributed by atoms with Gasteiger partial charge in [-0.3, -0.25) is 9.59 Å². The number of hydrogen-bond acceptors (Lipinski definition) is 5. The highest BCUT2D eigenvalue weighted by molar-refractivity contribution is 6.09. The fraction of sp³-hybridized carbons (Fsp3) is 0.200. The van der Waals surface area contributed by atoms with Gasteiger partial charge in [-0.05, 0) is 60.5 Å². The molecule has 1 aliphatic heterocycles. The van der Waals surface area contributed by atoms with Gasteiger partial charge in [0.25, 0.3) is 11.8 Å². The van der Waals surface area contributed by atoms with E-state index in [4.69, 9.17) is 14.2 Å². The summed E-state index contributed by atoms with van der Waals surface area (Å²) in [4.78, 5) is 25.4. The molecule has 7 nitrogen and oxygen atoms in total. The molecule has 0 atom stereocenters. The Morgan fingerprint density at radius 2 is 1.85 bits per heavy atom. The molecule has 1 heterocycles. The maximum absolute atomic E-state index is 13.9. The van der Waals surface area contributed by atoms with Crippen LogP contribution in [0.4, 0.5) is 10.1 Å². The minimum Gasteiger partial charge on any atom is -0.497 e. The maximum atomic E-state index is 13.9. The molecule has 1 aliphatic rings. The first-order chi connectivity index (χ1) is 16.0. The number of halogens is 1. The molecule has 0 aliphatic carbocycles. The molecule has 4 rings (SSSR count). The van der Waals surface area contributed by atoms with Crippen LogP contribution in [0.25, 0.3) is 0 Å². The number of fused-ring (bicyclic) bond motifs is 1. The second-order valence-electron chi connectivity index (χ2n) is 7.40. The number of nitrogens with one attached hydrogen (secondary N) is 2. The van der Waals surface area contributed by atoms with Gasteiger partial charge in [0, 0.05) is 17.7 Å². The lowest BCUT2D eigenvalue weighted by molar-refractivity contribution is -0.0172. The summed E-state index contributed by atoms with van der Waals surface area (Å²) in [5.74, 6) is 0.169. The molecule has 2 N–H and O–H groups in total. The molecule has 0 radical (unpaired) electrons. The van der Waals surface area contributed by atoms with Crippen molar-refractivity contribution in [3.63, 3.8) is 0 Å². The Morgan fingerprint density at radius 1 is 1.06 bits per heavy atom. The number of methoxy groups -OCH3 is 1. The van der Waals surface area contributed by atoms with Gasteiger partial charge < -0.3 is 24.8 Å². The van der Waals surface area contributed by atoms with Gasteiger partial charge in [0.2, 0.25) is 0 Å². The molecule has 0 spiro atoms. The Kier molecular flexibility index (Phi) is 6.85. The van der Waals surface area contributed by atoms with E-state index < -0.39 is 0 Å².